The molecule has 2 aliphatic heterocycles. The van der Waals surface area contributed by atoms with Crippen LogP contribution >= 0.6 is 0 Å². The SMILES string of the molecule is CO[C@@H]1C(=O)N(Cc2ccccc2)[C@@H]2CN(Cc3ccc(C(F)(F)F)cc3)C[C@H]12. The van der Waals surface area contributed by atoms with Gasteiger partial charge in [0, 0.05) is 39.2 Å². The molecule has 2 aromatic rings. The third-order valence-corrected chi connectivity index (χ3v) is 5.86. The average molecular weight is 404 g/mol. The zero-order chi connectivity index (χ0) is 20.6. The van der Waals surface area contributed by atoms with Gasteiger partial charge in [-0.15, -0.1) is 0 Å². The summed E-state index contributed by atoms with van der Waals surface area (Å²) in [5.74, 6) is 0.0752. The van der Waals surface area contributed by atoms with Crippen molar-refractivity contribution in [2.75, 3.05) is 20.2 Å². The van der Waals surface area contributed by atoms with E-state index in [0.29, 0.717) is 26.2 Å². The van der Waals surface area contributed by atoms with Crippen molar-refractivity contribution in [2.24, 2.45) is 5.92 Å². The lowest BCUT2D eigenvalue weighted by Gasteiger charge is -2.25. The number of fused-ring (bicyclic) bond motifs is 1. The van der Waals surface area contributed by atoms with Crippen LogP contribution in [0.5, 0.6) is 0 Å². The van der Waals surface area contributed by atoms with Gasteiger partial charge in [-0.2, -0.15) is 13.2 Å². The van der Waals surface area contributed by atoms with Gasteiger partial charge in [0.25, 0.3) is 5.91 Å². The minimum atomic E-state index is -4.33. The molecule has 7 heteroatoms. The van der Waals surface area contributed by atoms with Gasteiger partial charge >= 0.3 is 6.18 Å². The van der Waals surface area contributed by atoms with E-state index in [-0.39, 0.29) is 17.9 Å². The molecule has 0 radical (unpaired) electrons. The molecule has 0 aliphatic carbocycles. The molecule has 0 aromatic heterocycles. The Morgan fingerprint density at radius 1 is 0.966 bits per heavy atom. The van der Waals surface area contributed by atoms with E-state index < -0.39 is 17.8 Å². The maximum absolute atomic E-state index is 12.8. The molecule has 2 saturated heterocycles. The van der Waals surface area contributed by atoms with Gasteiger partial charge < -0.3 is 9.64 Å². The number of nitrogens with zero attached hydrogens (tertiary/aromatic N) is 2. The molecule has 0 N–H and O–H groups in total. The van der Waals surface area contributed by atoms with Crippen molar-refractivity contribution >= 4 is 5.91 Å². The highest BCUT2D eigenvalue weighted by atomic mass is 19.4. The van der Waals surface area contributed by atoms with Gasteiger partial charge in [-0.1, -0.05) is 42.5 Å². The van der Waals surface area contributed by atoms with E-state index >= 15 is 0 Å². The summed E-state index contributed by atoms with van der Waals surface area (Å²) >= 11 is 0. The highest BCUT2D eigenvalue weighted by molar-refractivity contribution is 5.84. The van der Waals surface area contributed by atoms with Crippen LogP contribution in [0, 0.1) is 5.92 Å². The number of rotatable bonds is 5. The van der Waals surface area contributed by atoms with Gasteiger partial charge in [-0.05, 0) is 23.3 Å². The normalized spacial score (nSPS) is 24.9. The molecule has 0 saturated carbocycles. The lowest BCUT2D eigenvalue weighted by Crippen LogP contribution is -2.38. The van der Waals surface area contributed by atoms with Crippen LogP contribution in [-0.4, -0.2) is 48.1 Å². The number of benzene rings is 2. The highest BCUT2D eigenvalue weighted by Gasteiger charge is 2.52. The molecule has 3 atom stereocenters. The number of hydrogen-bond acceptors (Lipinski definition) is 3. The van der Waals surface area contributed by atoms with E-state index in [1.807, 2.05) is 35.2 Å². The van der Waals surface area contributed by atoms with Crippen LogP contribution in [-0.2, 0) is 28.8 Å². The van der Waals surface area contributed by atoms with Gasteiger partial charge in [-0.3, -0.25) is 9.69 Å². The lowest BCUT2D eigenvalue weighted by molar-refractivity contribution is -0.138. The first-order valence-corrected chi connectivity index (χ1v) is 9.62. The molecular formula is C22H23F3N2O2. The minimum absolute atomic E-state index is 0.0144. The van der Waals surface area contributed by atoms with Gasteiger partial charge in [0.05, 0.1) is 11.6 Å². The molecule has 1 amide bonds. The van der Waals surface area contributed by atoms with E-state index in [1.54, 1.807) is 7.11 Å². The van der Waals surface area contributed by atoms with E-state index in [1.165, 1.54) is 12.1 Å². The predicted molar refractivity (Wildman–Crippen MR) is 102 cm³/mol. The monoisotopic (exact) mass is 404 g/mol. The molecule has 4 rings (SSSR count). The van der Waals surface area contributed by atoms with Crippen molar-refractivity contribution in [3.63, 3.8) is 0 Å². The topological polar surface area (TPSA) is 32.8 Å². The molecular weight excluding hydrogens is 381 g/mol. The van der Waals surface area contributed by atoms with Crippen LogP contribution in [0.4, 0.5) is 13.2 Å². The van der Waals surface area contributed by atoms with Crippen molar-refractivity contribution in [1.82, 2.24) is 9.80 Å². The number of hydrogen-bond donors (Lipinski definition) is 0. The minimum Gasteiger partial charge on any atom is -0.371 e. The average Bonchev–Trinajstić information content (AvgIpc) is 3.19. The molecule has 2 fully saturated rings. The molecule has 29 heavy (non-hydrogen) atoms. The largest absolute Gasteiger partial charge is 0.416 e. The van der Waals surface area contributed by atoms with E-state index in [2.05, 4.69) is 4.90 Å². The maximum atomic E-state index is 12.8. The summed E-state index contributed by atoms with van der Waals surface area (Å²) in [4.78, 5) is 16.9. The zero-order valence-electron chi connectivity index (χ0n) is 16.1. The maximum Gasteiger partial charge on any atom is 0.416 e. The second-order valence-corrected chi connectivity index (χ2v) is 7.73. The van der Waals surface area contributed by atoms with Gasteiger partial charge in [-0.25, -0.2) is 0 Å². The van der Waals surface area contributed by atoms with Crippen molar-refractivity contribution in [3.8, 4) is 0 Å². The summed E-state index contributed by atoms with van der Waals surface area (Å²) in [6.45, 7) is 2.45. The standard InChI is InChI=1S/C22H23F3N2O2/c1-29-20-18-13-26(11-16-7-9-17(10-8-16)22(23,24)25)14-19(18)27(21(20)28)12-15-5-3-2-4-6-15/h2-10,18-20H,11-14H2,1H3/t18-,19+,20-/m0/s1. The Kier molecular flexibility index (Phi) is 5.36. The predicted octanol–water partition coefficient (Wildman–Crippen LogP) is 3.56. The zero-order valence-corrected chi connectivity index (χ0v) is 16.1. The summed E-state index contributed by atoms with van der Waals surface area (Å²) in [7, 11) is 1.56. The van der Waals surface area contributed by atoms with Crippen LogP contribution in [0.3, 0.4) is 0 Å². The lowest BCUT2D eigenvalue weighted by atomic mass is 10.0. The van der Waals surface area contributed by atoms with Crippen molar-refractivity contribution in [2.45, 2.75) is 31.4 Å². The summed E-state index contributed by atoms with van der Waals surface area (Å²) < 4.78 is 43.8. The smallest absolute Gasteiger partial charge is 0.371 e. The summed E-state index contributed by atoms with van der Waals surface area (Å²) in [6.07, 6.45) is -4.80. The number of amides is 1. The van der Waals surface area contributed by atoms with Gasteiger partial charge in [0.2, 0.25) is 0 Å². The fraction of sp³-hybridized carbons (Fsp3) is 0.409. The Labute approximate surface area is 167 Å². The second kappa shape index (κ2) is 7.80. The van der Waals surface area contributed by atoms with Crippen LogP contribution in [0.15, 0.2) is 54.6 Å². The number of alkyl halides is 3. The van der Waals surface area contributed by atoms with E-state index in [4.69, 9.17) is 4.74 Å². The number of likely N-dealkylation sites (tertiary alicyclic amines) is 2. The number of carbonyl (C=O) groups excluding carboxylic acids is 1. The first-order chi connectivity index (χ1) is 13.9. The number of methoxy groups -OCH3 is 1. The number of halogens is 3. The fourth-order valence-corrected chi connectivity index (χ4v) is 4.47. The molecule has 2 heterocycles. The molecule has 0 spiro atoms. The molecule has 154 valence electrons. The van der Waals surface area contributed by atoms with Gasteiger partial charge in [0.1, 0.15) is 6.10 Å². The van der Waals surface area contributed by atoms with Crippen molar-refractivity contribution in [3.05, 3.63) is 71.3 Å². The van der Waals surface area contributed by atoms with Crippen LogP contribution in [0.2, 0.25) is 0 Å². The second-order valence-electron chi connectivity index (χ2n) is 7.73. The number of carbonyl (C=O) groups is 1. The quantitative estimate of drug-likeness (QED) is 0.764. The third-order valence-electron chi connectivity index (χ3n) is 5.86. The third kappa shape index (κ3) is 4.02. The molecule has 0 bridgehead atoms. The fourth-order valence-electron chi connectivity index (χ4n) is 4.47. The Hall–Kier alpha value is -2.38. The molecule has 4 nitrogen and oxygen atoms in total. The summed E-state index contributed by atoms with van der Waals surface area (Å²) in [5.41, 5.74) is 1.25. The van der Waals surface area contributed by atoms with Crippen LogP contribution in [0.25, 0.3) is 0 Å². The molecule has 0 unspecified atom stereocenters. The first kappa shape index (κ1) is 19.9. The van der Waals surface area contributed by atoms with Crippen molar-refractivity contribution < 1.29 is 22.7 Å². The summed E-state index contributed by atoms with van der Waals surface area (Å²) in [5, 5.41) is 0. The van der Waals surface area contributed by atoms with Crippen molar-refractivity contribution in [1.29, 1.82) is 0 Å². The Balaban J connectivity index is 1.46. The van der Waals surface area contributed by atoms with E-state index in [9.17, 15) is 18.0 Å². The highest BCUT2D eigenvalue weighted by Crippen LogP contribution is 2.36. The molecule has 2 aromatic carbocycles. The number of ether oxygens (including phenoxy) is 1. The van der Waals surface area contributed by atoms with Gasteiger partial charge in [0.15, 0.2) is 0 Å². The molecule has 2 aliphatic rings. The Bertz CT molecular complexity index is 855. The Morgan fingerprint density at radius 2 is 1.62 bits per heavy atom. The van der Waals surface area contributed by atoms with E-state index in [0.717, 1.165) is 23.3 Å². The van der Waals surface area contributed by atoms with Crippen LogP contribution in [0.1, 0.15) is 16.7 Å². The van der Waals surface area contributed by atoms with Crippen LogP contribution < -0.4 is 0 Å². The first-order valence-electron chi connectivity index (χ1n) is 9.62. The summed E-state index contributed by atoms with van der Waals surface area (Å²) in [6, 6.07) is 15.2. The Morgan fingerprint density at radius 3 is 2.24 bits per heavy atom.